The Labute approximate surface area is 119 Å². The lowest BCUT2D eigenvalue weighted by atomic mass is 10.2. The molecule has 0 spiro atoms. The predicted octanol–water partition coefficient (Wildman–Crippen LogP) is 3.15. The highest BCUT2D eigenvalue weighted by atomic mass is 79.9. The first-order chi connectivity index (χ1) is 9.31. The van der Waals surface area contributed by atoms with Gasteiger partial charge < -0.3 is 0 Å². The number of aromatic nitrogens is 4. The van der Waals surface area contributed by atoms with E-state index in [1.54, 1.807) is 12.4 Å². The molecule has 94 valence electrons. The van der Waals surface area contributed by atoms with Crippen molar-refractivity contribution >= 4 is 15.9 Å². The summed E-state index contributed by atoms with van der Waals surface area (Å²) in [4.78, 5) is 3.99. The van der Waals surface area contributed by atoms with E-state index in [9.17, 15) is 0 Å². The fraction of sp³-hybridized carbons (Fsp3) is 0.0714. The maximum atomic E-state index is 4.18. The van der Waals surface area contributed by atoms with E-state index in [-0.39, 0.29) is 0 Å². The SMILES string of the molecule is Brc1cccc(Cn2cc(-c3ccncc3)nn2)c1. The molecule has 0 radical (unpaired) electrons. The third-order valence-electron chi connectivity index (χ3n) is 2.75. The molecule has 0 saturated carbocycles. The number of benzene rings is 1. The van der Waals surface area contributed by atoms with Gasteiger partial charge in [-0.2, -0.15) is 0 Å². The Morgan fingerprint density at radius 1 is 1.11 bits per heavy atom. The Bertz CT molecular complexity index is 679. The maximum absolute atomic E-state index is 4.18. The largest absolute Gasteiger partial charge is 0.265 e. The third-order valence-corrected chi connectivity index (χ3v) is 3.24. The summed E-state index contributed by atoms with van der Waals surface area (Å²) in [5.41, 5.74) is 3.06. The van der Waals surface area contributed by atoms with Crippen molar-refractivity contribution in [3.63, 3.8) is 0 Å². The highest BCUT2D eigenvalue weighted by molar-refractivity contribution is 9.10. The van der Waals surface area contributed by atoms with E-state index in [2.05, 4.69) is 43.4 Å². The fourth-order valence-corrected chi connectivity index (χ4v) is 2.30. The van der Waals surface area contributed by atoms with Crippen LogP contribution in [-0.2, 0) is 6.54 Å². The maximum Gasteiger partial charge on any atom is 0.113 e. The summed E-state index contributed by atoms with van der Waals surface area (Å²) in [7, 11) is 0. The van der Waals surface area contributed by atoms with Crippen LogP contribution in [0.5, 0.6) is 0 Å². The lowest BCUT2D eigenvalue weighted by Gasteiger charge is -2.01. The van der Waals surface area contributed by atoms with Crippen LogP contribution in [-0.4, -0.2) is 20.0 Å². The average molecular weight is 315 g/mol. The minimum atomic E-state index is 0.706. The van der Waals surface area contributed by atoms with E-state index in [1.165, 1.54) is 5.56 Å². The minimum absolute atomic E-state index is 0.706. The first-order valence-electron chi connectivity index (χ1n) is 5.86. The van der Waals surface area contributed by atoms with E-state index in [1.807, 2.05) is 35.1 Å². The molecular formula is C14H11BrN4. The molecule has 5 heteroatoms. The second kappa shape index (κ2) is 5.32. The lowest BCUT2D eigenvalue weighted by molar-refractivity contribution is 0.649. The summed E-state index contributed by atoms with van der Waals surface area (Å²) in [6, 6.07) is 12.0. The van der Waals surface area contributed by atoms with Gasteiger partial charge in [-0.3, -0.25) is 4.98 Å². The fourth-order valence-electron chi connectivity index (χ4n) is 1.85. The lowest BCUT2D eigenvalue weighted by Crippen LogP contribution is -2.00. The molecule has 0 aliphatic heterocycles. The molecule has 0 N–H and O–H groups in total. The van der Waals surface area contributed by atoms with E-state index in [0.717, 1.165) is 15.7 Å². The van der Waals surface area contributed by atoms with Gasteiger partial charge in [0.2, 0.25) is 0 Å². The van der Waals surface area contributed by atoms with Crippen LogP contribution in [0.1, 0.15) is 5.56 Å². The van der Waals surface area contributed by atoms with Gasteiger partial charge in [0.1, 0.15) is 5.69 Å². The van der Waals surface area contributed by atoms with E-state index < -0.39 is 0 Å². The van der Waals surface area contributed by atoms with Crippen LogP contribution >= 0.6 is 15.9 Å². The second-order valence-corrected chi connectivity index (χ2v) is 5.08. The Kier molecular flexibility index (Phi) is 3.37. The first kappa shape index (κ1) is 12.0. The van der Waals surface area contributed by atoms with E-state index in [4.69, 9.17) is 0 Å². The van der Waals surface area contributed by atoms with Crippen LogP contribution in [0.3, 0.4) is 0 Å². The Balaban J connectivity index is 1.82. The Hall–Kier alpha value is -2.01. The van der Waals surface area contributed by atoms with Crippen molar-refractivity contribution in [1.29, 1.82) is 0 Å². The zero-order chi connectivity index (χ0) is 13.1. The van der Waals surface area contributed by atoms with Crippen molar-refractivity contribution in [2.75, 3.05) is 0 Å². The van der Waals surface area contributed by atoms with E-state index in [0.29, 0.717) is 6.54 Å². The quantitative estimate of drug-likeness (QED) is 0.746. The summed E-state index contributed by atoms with van der Waals surface area (Å²) in [5, 5.41) is 8.33. The standard InChI is InChI=1S/C14H11BrN4/c15-13-3-1-2-11(8-13)9-19-10-14(17-18-19)12-4-6-16-7-5-12/h1-8,10H,9H2. The van der Waals surface area contributed by atoms with Gasteiger partial charge >= 0.3 is 0 Å². The van der Waals surface area contributed by atoms with Crippen LogP contribution < -0.4 is 0 Å². The molecule has 0 fully saturated rings. The molecule has 2 aromatic heterocycles. The summed E-state index contributed by atoms with van der Waals surface area (Å²) in [5.74, 6) is 0. The summed E-state index contributed by atoms with van der Waals surface area (Å²) in [6.07, 6.45) is 5.45. The average Bonchev–Trinajstić information content (AvgIpc) is 2.88. The van der Waals surface area contributed by atoms with Crippen molar-refractivity contribution in [3.8, 4) is 11.3 Å². The summed E-state index contributed by atoms with van der Waals surface area (Å²) in [6.45, 7) is 0.706. The molecular weight excluding hydrogens is 304 g/mol. The van der Waals surface area contributed by atoms with Crippen molar-refractivity contribution in [1.82, 2.24) is 20.0 Å². The highest BCUT2D eigenvalue weighted by Gasteiger charge is 2.04. The van der Waals surface area contributed by atoms with Crippen LogP contribution in [0.2, 0.25) is 0 Å². The van der Waals surface area contributed by atoms with Crippen LogP contribution in [0, 0.1) is 0 Å². The second-order valence-electron chi connectivity index (χ2n) is 4.17. The van der Waals surface area contributed by atoms with E-state index >= 15 is 0 Å². The third kappa shape index (κ3) is 2.88. The highest BCUT2D eigenvalue weighted by Crippen LogP contribution is 2.16. The van der Waals surface area contributed by atoms with Crippen molar-refractivity contribution in [2.24, 2.45) is 0 Å². The number of rotatable bonds is 3. The van der Waals surface area contributed by atoms with Crippen LogP contribution in [0.25, 0.3) is 11.3 Å². The van der Waals surface area contributed by atoms with Crippen molar-refractivity contribution in [3.05, 3.63) is 65.0 Å². The molecule has 0 atom stereocenters. The molecule has 19 heavy (non-hydrogen) atoms. The van der Waals surface area contributed by atoms with Gasteiger partial charge in [0.15, 0.2) is 0 Å². The smallest absolute Gasteiger partial charge is 0.113 e. The first-order valence-corrected chi connectivity index (χ1v) is 6.65. The van der Waals surface area contributed by atoms with Crippen LogP contribution in [0.4, 0.5) is 0 Å². The molecule has 0 unspecified atom stereocenters. The Morgan fingerprint density at radius 3 is 2.74 bits per heavy atom. The summed E-state index contributed by atoms with van der Waals surface area (Å²) < 4.78 is 2.90. The summed E-state index contributed by atoms with van der Waals surface area (Å²) >= 11 is 3.47. The molecule has 0 amide bonds. The number of halogens is 1. The molecule has 0 aliphatic carbocycles. The van der Waals surface area contributed by atoms with Crippen molar-refractivity contribution in [2.45, 2.75) is 6.54 Å². The van der Waals surface area contributed by atoms with Gasteiger partial charge in [0.25, 0.3) is 0 Å². The van der Waals surface area contributed by atoms with Gasteiger partial charge in [-0.1, -0.05) is 33.3 Å². The van der Waals surface area contributed by atoms with Gasteiger partial charge in [-0.25, -0.2) is 4.68 Å². The molecule has 3 aromatic rings. The minimum Gasteiger partial charge on any atom is -0.265 e. The predicted molar refractivity (Wildman–Crippen MR) is 76.5 cm³/mol. The Morgan fingerprint density at radius 2 is 1.95 bits per heavy atom. The van der Waals surface area contributed by atoms with Gasteiger partial charge in [-0.15, -0.1) is 5.10 Å². The normalized spacial score (nSPS) is 10.6. The molecule has 0 bridgehead atoms. The zero-order valence-corrected chi connectivity index (χ0v) is 11.7. The molecule has 2 heterocycles. The zero-order valence-electron chi connectivity index (χ0n) is 10.1. The van der Waals surface area contributed by atoms with Gasteiger partial charge in [0.05, 0.1) is 12.7 Å². The molecule has 0 aliphatic rings. The molecule has 0 saturated heterocycles. The molecule has 4 nitrogen and oxygen atoms in total. The number of hydrogen-bond donors (Lipinski definition) is 0. The number of nitrogens with zero attached hydrogens (tertiary/aromatic N) is 4. The van der Waals surface area contributed by atoms with Gasteiger partial charge in [0, 0.05) is 22.4 Å². The van der Waals surface area contributed by atoms with Crippen LogP contribution in [0.15, 0.2) is 59.5 Å². The molecule has 1 aromatic carbocycles. The van der Waals surface area contributed by atoms with Gasteiger partial charge in [-0.05, 0) is 29.8 Å². The number of hydrogen-bond acceptors (Lipinski definition) is 3. The molecule has 3 rings (SSSR count). The monoisotopic (exact) mass is 314 g/mol. The topological polar surface area (TPSA) is 43.6 Å². The number of pyridine rings is 1. The van der Waals surface area contributed by atoms with Crippen molar-refractivity contribution < 1.29 is 0 Å².